The number of aromatic nitrogens is 2. The second kappa shape index (κ2) is 9.98. The monoisotopic (exact) mass is 470 g/mol. The molecule has 4 rings (SSSR count). The average molecular weight is 470 g/mol. The quantitative estimate of drug-likeness (QED) is 0.398. The summed E-state index contributed by atoms with van der Waals surface area (Å²) in [4.78, 5) is 14.5. The lowest BCUT2D eigenvalue weighted by Gasteiger charge is -2.20. The fourth-order valence-electron chi connectivity index (χ4n) is 3.86. The molecule has 1 fully saturated rings. The highest BCUT2D eigenvalue weighted by Crippen LogP contribution is 2.31. The van der Waals surface area contributed by atoms with Crippen molar-refractivity contribution in [3.05, 3.63) is 71.4 Å². The zero-order valence-corrected chi connectivity index (χ0v) is 18.6. The molecule has 2 N–H and O–H groups in total. The minimum Gasteiger partial charge on any atom is -0.376 e. The maximum atomic E-state index is 12.8. The molecule has 0 atom stereocenters. The van der Waals surface area contributed by atoms with Crippen LogP contribution in [0.4, 0.5) is 24.7 Å². The smallest absolute Gasteiger partial charge is 0.376 e. The number of aryl methyl sites for hydroxylation is 1. The van der Waals surface area contributed by atoms with E-state index in [2.05, 4.69) is 20.7 Å². The van der Waals surface area contributed by atoms with Gasteiger partial charge in [-0.3, -0.25) is 4.79 Å². The van der Waals surface area contributed by atoms with Crippen molar-refractivity contribution >= 4 is 23.6 Å². The first-order chi connectivity index (χ1) is 16.3. The number of nitrogens with one attached hydrogen (secondary N) is 2. The molecule has 34 heavy (non-hydrogen) atoms. The lowest BCUT2D eigenvalue weighted by Crippen LogP contribution is -2.26. The third kappa shape index (κ3) is 5.38. The molecule has 2 aromatic carbocycles. The molecule has 7 nitrogen and oxygen atoms in total. The van der Waals surface area contributed by atoms with Gasteiger partial charge in [-0.2, -0.15) is 23.4 Å². The van der Waals surface area contributed by atoms with E-state index >= 15 is 0 Å². The molecular formula is C24H25F3N6O. The first kappa shape index (κ1) is 23.3. The topological polar surface area (TPSA) is 74.5 Å². The molecular weight excluding hydrogens is 445 g/mol. The highest BCUT2D eigenvalue weighted by molar-refractivity contribution is 5.90. The number of amides is 1. The number of alkyl halides is 3. The van der Waals surface area contributed by atoms with Crippen molar-refractivity contribution in [2.75, 3.05) is 29.9 Å². The van der Waals surface area contributed by atoms with Gasteiger partial charge < -0.3 is 10.2 Å². The third-order valence-corrected chi connectivity index (χ3v) is 5.51. The van der Waals surface area contributed by atoms with E-state index in [0.717, 1.165) is 60.8 Å². The van der Waals surface area contributed by atoms with E-state index in [0.29, 0.717) is 0 Å². The van der Waals surface area contributed by atoms with Crippen LogP contribution in [0, 0.1) is 6.92 Å². The van der Waals surface area contributed by atoms with Crippen LogP contribution >= 0.6 is 0 Å². The number of rotatable bonds is 7. The van der Waals surface area contributed by atoms with E-state index in [4.69, 9.17) is 5.10 Å². The minimum atomic E-state index is -4.45. The molecule has 1 aliphatic heterocycles. The molecule has 1 aromatic heterocycles. The predicted molar refractivity (Wildman–Crippen MR) is 125 cm³/mol. The Bertz CT molecular complexity index is 1170. The van der Waals surface area contributed by atoms with Gasteiger partial charge in [0.25, 0.3) is 5.91 Å². The van der Waals surface area contributed by atoms with Crippen LogP contribution in [0.5, 0.6) is 0 Å². The summed E-state index contributed by atoms with van der Waals surface area (Å²) in [6, 6.07) is 14.5. The number of para-hydroxylation sites is 1. The number of hydrogen-bond acceptors (Lipinski definition) is 5. The summed E-state index contributed by atoms with van der Waals surface area (Å²) in [5.41, 5.74) is 4.35. The number of carbonyl (C=O) groups is 1. The number of anilines is 2. The Balaban J connectivity index is 1.45. The zero-order chi connectivity index (χ0) is 24.1. The fraction of sp³-hybridized carbons (Fsp3) is 0.292. The minimum absolute atomic E-state index is 0.199. The molecule has 0 spiro atoms. The Morgan fingerprint density at radius 3 is 2.56 bits per heavy atom. The molecule has 1 saturated heterocycles. The van der Waals surface area contributed by atoms with Crippen LogP contribution < -0.4 is 15.6 Å². The van der Waals surface area contributed by atoms with Crippen molar-refractivity contribution in [2.24, 2.45) is 5.10 Å². The van der Waals surface area contributed by atoms with Gasteiger partial charge in [-0.1, -0.05) is 24.3 Å². The average Bonchev–Trinajstić information content (AvgIpc) is 3.46. The Kier molecular flexibility index (Phi) is 6.85. The Labute approximate surface area is 195 Å². The number of nitrogens with zero attached hydrogens (tertiary/aromatic N) is 4. The van der Waals surface area contributed by atoms with Crippen molar-refractivity contribution in [3.63, 3.8) is 0 Å². The molecule has 1 amide bonds. The predicted octanol–water partition coefficient (Wildman–Crippen LogP) is 4.36. The van der Waals surface area contributed by atoms with Crippen molar-refractivity contribution < 1.29 is 18.0 Å². The third-order valence-electron chi connectivity index (χ3n) is 5.51. The first-order valence-electron chi connectivity index (χ1n) is 11.0. The molecule has 0 unspecified atom stereocenters. The number of hydrazone groups is 1. The summed E-state index contributed by atoms with van der Waals surface area (Å²) in [7, 11) is 0. The molecule has 0 saturated carbocycles. The van der Waals surface area contributed by atoms with Crippen LogP contribution in [0.25, 0.3) is 5.69 Å². The summed E-state index contributed by atoms with van der Waals surface area (Å²) < 4.78 is 40.4. The van der Waals surface area contributed by atoms with Crippen molar-refractivity contribution in [3.8, 4) is 5.69 Å². The molecule has 2 heterocycles. The maximum absolute atomic E-state index is 12.8. The molecule has 1 aliphatic rings. The van der Waals surface area contributed by atoms with Gasteiger partial charge in [0.2, 0.25) is 0 Å². The number of hydrogen-bond donors (Lipinski definition) is 2. The molecule has 0 aliphatic carbocycles. The van der Waals surface area contributed by atoms with Gasteiger partial charge in [0.05, 0.1) is 35.3 Å². The van der Waals surface area contributed by atoms with Crippen LogP contribution in [0.1, 0.15) is 29.7 Å². The number of halogens is 3. The van der Waals surface area contributed by atoms with E-state index in [1.807, 2.05) is 41.9 Å². The standard InChI is InChI=1S/C24H25F3N6O/c1-17-21(23(32-12-5-6-13-32)33(31-17)20-10-3-2-4-11-20)15-29-30-22(34)16-28-19-9-7-8-18(14-19)24(25,26)27/h2-4,7-11,14-15,28H,5-6,12-13,16H2,1H3,(H,30,34). The number of benzene rings is 2. The first-order valence-corrected chi connectivity index (χ1v) is 11.0. The molecule has 178 valence electrons. The van der Waals surface area contributed by atoms with E-state index in [-0.39, 0.29) is 12.2 Å². The summed E-state index contributed by atoms with van der Waals surface area (Å²) in [5.74, 6) is 0.436. The highest BCUT2D eigenvalue weighted by Gasteiger charge is 2.30. The number of carbonyl (C=O) groups excluding carboxylic acids is 1. The van der Waals surface area contributed by atoms with Crippen LogP contribution in [0.15, 0.2) is 59.7 Å². The second-order valence-electron chi connectivity index (χ2n) is 7.99. The van der Waals surface area contributed by atoms with Crippen molar-refractivity contribution in [1.29, 1.82) is 0 Å². The molecule has 10 heteroatoms. The Hall–Kier alpha value is -3.82. The summed E-state index contributed by atoms with van der Waals surface area (Å²) >= 11 is 0. The summed E-state index contributed by atoms with van der Waals surface area (Å²) in [6.45, 7) is 3.48. The van der Waals surface area contributed by atoms with Gasteiger partial charge in [0.15, 0.2) is 0 Å². The van der Waals surface area contributed by atoms with Gasteiger partial charge in [-0.05, 0) is 50.1 Å². The van der Waals surface area contributed by atoms with Crippen LogP contribution in [0.2, 0.25) is 0 Å². The van der Waals surface area contributed by atoms with Crippen LogP contribution in [-0.4, -0.2) is 41.5 Å². The van der Waals surface area contributed by atoms with E-state index in [1.165, 1.54) is 12.1 Å². The van der Waals surface area contributed by atoms with Gasteiger partial charge in [-0.15, -0.1) is 0 Å². The second-order valence-corrected chi connectivity index (χ2v) is 7.99. The fourth-order valence-corrected chi connectivity index (χ4v) is 3.86. The van der Waals surface area contributed by atoms with Gasteiger partial charge in [0, 0.05) is 18.8 Å². The van der Waals surface area contributed by atoms with Gasteiger partial charge in [-0.25, -0.2) is 10.1 Å². The lowest BCUT2D eigenvalue weighted by atomic mass is 10.2. The van der Waals surface area contributed by atoms with E-state index in [9.17, 15) is 18.0 Å². The Morgan fingerprint density at radius 1 is 1.12 bits per heavy atom. The van der Waals surface area contributed by atoms with Crippen LogP contribution in [0.3, 0.4) is 0 Å². The summed E-state index contributed by atoms with van der Waals surface area (Å²) in [6.07, 6.45) is -0.696. The highest BCUT2D eigenvalue weighted by atomic mass is 19.4. The zero-order valence-electron chi connectivity index (χ0n) is 18.6. The SMILES string of the molecule is Cc1nn(-c2ccccc2)c(N2CCCC2)c1C=NNC(=O)CNc1cccc(C(F)(F)F)c1. The van der Waals surface area contributed by atoms with Crippen molar-refractivity contribution in [2.45, 2.75) is 25.9 Å². The molecule has 3 aromatic rings. The van der Waals surface area contributed by atoms with Gasteiger partial charge >= 0.3 is 6.18 Å². The molecule has 0 radical (unpaired) electrons. The van der Waals surface area contributed by atoms with Crippen LogP contribution in [-0.2, 0) is 11.0 Å². The van der Waals surface area contributed by atoms with Crippen molar-refractivity contribution in [1.82, 2.24) is 15.2 Å². The lowest BCUT2D eigenvalue weighted by molar-refractivity contribution is -0.137. The van der Waals surface area contributed by atoms with E-state index < -0.39 is 17.6 Å². The summed E-state index contributed by atoms with van der Waals surface area (Å²) in [5, 5.41) is 11.5. The largest absolute Gasteiger partial charge is 0.416 e. The Morgan fingerprint density at radius 2 is 1.85 bits per heavy atom. The maximum Gasteiger partial charge on any atom is 0.416 e. The van der Waals surface area contributed by atoms with E-state index in [1.54, 1.807) is 6.21 Å². The normalized spacial score (nSPS) is 14.1. The van der Waals surface area contributed by atoms with Gasteiger partial charge in [0.1, 0.15) is 5.82 Å². The molecule has 0 bridgehead atoms.